The lowest BCUT2D eigenvalue weighted by Crippen LogP contribution is -2.37. The Morgan fingerprint density at radius 3 is 2.41 bits per heavy atom. The lowest BCUT2D eigenvalue weighted by molar-refractivity contribution is 0.295. The van der Waals surface area contributed by atoms with Crippen LogP contribution in [0.3, 0.4) is 0 Å². The maximum atomic E-state index is 9.14. The van der Waals surface area contributed by atoms with Gasteiger partial charge >= 0.3 is 0 Å². The van der Waals surface area contributed by atoms with Gasteiger partial charge in [-0.25, -0.2) is 4.98 Å². The molecule has 1 aromatic rings. The smallest absolute Gasteiger partial charge is 0.149 e. The summed E-state index contributed by atoms with van der Waals surface area (Å²) >= 11 is 0. The van der Waals surface area contributed by atoms with Crippen LogP contribution in [-0.2, 0) is 0 Å². The number of aliphatic hydroxyl groups is 1. The van der Waals surface area contributed by atoms with Crippen LogP contribution in [0.25, 0.3) is 0 Å². The summed E-state index contributed by atoms with van der Waals surface area (Å²) in [6.07, 6.45) is 2.00. The van der Waals surface area contributed by atoms with E-state index in [0.717, 1.165) is 18.7 Å². The molecule has 0 spiro atoms. The quantitative estimate of drug-likeness (QED) is 0.693. The van der Waals surface area contributed by atoms with E-state index in [0.29, 0.717) is 24.1 Å². The number of aromatic nitrogens is 1. The van der Waals surface area contributed by atoms with Crippen LogP contribution in [0, 0.1) is 0 Å². The highest BCUT2D eigenvalue weighted by atomic mass is 16.3. The number of nitrogens with two attached hydrogens (primary N) is 2. The highest BCUT2D eigenvalue weighted by Crippen LogP contribution is 2.22. The first-order valence-electron chi connectivity index (χ1n) is 6.03. The van der Waals surface area contributed by atoms with Gasteiger partial charge in [-0.05, 0) is 25.0 Å². The van der Waals surface area contributed by atoms with Crippen LogP contribution in [0.5, 0.6) is 0 Å². The molecule has 5 nitrogen and oxygen atoms in total. The summed E-state index contributed by atoms with van der Waals surface area (Å²) in [6, 6.07) is 3.96. The summed E-state index contributed by atoms with van der Waals surface area (Å²) in [7, 11) is 0. The van der Waals surface area contributed by atoms with Gasteiger partial charge in [0.15, 0.2) is 0 Å². The number of pyridine rings is 1. The summed E-state index contributed by atoms with van der Waals surface area (Å²) in [5.74, 6) is 1.12. The summed E-state index contributed by atoms with van der Waals surface area (Å²) in [4.78, 5) is 6.36. The van der Waals surface area contributed by atoms with Crippen molar-refractivity contribution in [1.82, 2.24) is 4.98 Å². The number of anilines is 3. The molecule has 5 N–H and O–H groups in total. The fraction of sp³-hybridized carbons (Fsp3) is 0.583. The Morgan fingerprint density at radius 1 is 1.29 bits per heavy atom. The van der Waals surface area contributed by atoms with E-state index in [2.05, 4.69) is 23.7 Å². The number of hydrogen-bond acceptors (Lipinski definition) is 5. The fourth-order valence-corrected chi connectivity index (χ4v) is 1.96. The van der Waals surface area contributed by atoms with E-state index < -0.39 is 0 Å². The molecule has 0 saturated heterocycles. The minimum atomic E-state index is 0.0997. The minimum absolute atomic E-state index is 0.0997. The SMILES string of the molecule is CCC(CC)N(CCO)c1ccc(N)c(N)n1. The van der Waals surface area contributed by atoms with Gasteiger partial charge in [-0.15, -0.1) is 0 Å². The first-order chi connectivity index (χ1) is 8.13. The molecule has 1 aromatic heterocycles. The van der Waals surface area contributed by atoms with Gasteiger partial charge in [0.05, 0.1) is 12.3 Å². The third-order valence-corrected chi connectivity index (χ3v) is 2.96. The summed E-state index contributed by atoms with van der Waals surface area (Å²) < 4.78 is 0. The number of nitrogen functional groups attached to an aromatic ring is 2. The maximum Gasteiger partial charge on any atom is 0.149 e. The van der Waals surface area contributed by atoms with Gasteiger partial charge in [-0.2, -0.15) is 0 Å². The second-order valence-electron chi connectivity index (χ2n) is 4.03. The predicted molar refractivity (Wildman–Crippen MR) is 71.9 cm³/mol. The standard InChI is InChI=1S/C12H22N4O/c1-3-9(4-2)16(7-8-17)11-6-5-10(13)12(14)15-11/h5-6,9,17H,3-4,7-8,13H2,1-2H3,(H2,14,15). The predicted octanol–water partition coefficient (Wildman–Crippen LogP) is 1.23. The first-order valence-corrected chi connectivity index (χ1v) is 6.03. The van der Waals surface area contributed by atoms with Gasteiger partial charge in [0.25, 0.3) is 0 Å². The van der Waals surface area contributed by atoms with Crippen LogP contribution in [-0.4, -0.2) is 29.3 Å². The third kappa shape index (κ3) is 3.23. The Bertz CT molecular complexity index is 352. The normalized spacial score (nSPS) is 10.8. The van der Waals surface area contributed by atoms with E-state index in [4.69, 9.17) is 16.6 Å². The molecule has 1 heterocycles. The van der Waals surface area contributed by atoms with Crippen LogP contribution >= 0.6 is 0 Å². The third-order valence-electron chi connectivity index (χ3n) is 2.96. The molecule has 0 fully saturated rings. The van der Waals surface area contributed by atoms with Crippen molar-refractivity contribution in [1.29, 1.82) is 0 Å². The molecular formula is C12H22N4O. The van der Waals surface area contributed by atoms with Gasteiger partial charge in [0.2, 0.25) is 0 Å². The molecule has 0 atom stereocenters. The van der Waals surface area contributed by atoms with Crippen LogP contribution in [0.2, 0.25) is 0 Å². The topological polar surface area (TPSA) is 88.4 Å². The van der Waals surface area contributed by atoms with Crippen molar-refractivity contribution in [2.75, 3.05) is 29.5 Å². The Hall–Kier alpha value is -1.49. The molecule has 0 aliphatic heterocycles. The molecule has 0 aromatic carbocycles. The average molecular weight is 238 g/mol. The van der Waals surface area contributed by atoms with Gasteiger partial charge in [0, 0.05) is 12.6 Å². The Morgan fingerprint density at radius 2 is 1.94 bits per heavy atom. The molecule has 0 bridgehead atoms. The van der Waals surface area contributed by atoms with Crippen molar-refractivity contribution in [3.8, 4) is 0 Å². The molecule has 1 rings (SSSR count). The number of hydrogen-bond donors (Lipinski definition) is 3. The second kappa shape index (κ2) is 6.30. The first kappa shape index (κ1) is 13.6. The molecule has 0 amide bonds. The zero-order valence-electron chi connectivity index (χ0n) is 10.6. The Labute approximate surface area is 102 Å². The Kier molecular flexibility index (Phi) is 5.03. The zero-order valence-corrected chi connectivity index (χ0v) is 10.6. The Balaban J connectivity index is 2.99. The van der Waals surface area contributed by atoms with E-state index in [1.807, 2.05) is 6.07 Å². The maximum absolute atomic E-state index is 9.14. The summed E-state index contributed by atoms with van der Waals surface area (Å²) in [5.41, 5.74) is 11.8. The van der Waals surface area contributed by atoms with E-state index in [-0.39, 0.29) is 6.61 Å². The van der Waals surface area contributed by atoms with Crippen LogP contribution in [0.15, 0.2) is 12.1 Å². The zero-order chi connectivity index (χ0) is 12.8. The molecule has 0 unspecified atom stereocenters. The molecule has 0 aliphatic rings. The molecule has 0 aliphatic carbocycles. The summed E-state index contributed by atoms with van der Waals surface area (Å²) in [6.45, 7) is 4.91. The highest BCUT2D eigenvalue weighted by Gasteiger charge is 2.16. The molecule has 0 saturated carbocycles. The van der Waals surface area contributed by atoms with Crippen molar-refractivity contribution in [3.05, 3.63) is 12.1 Å². The number of nitrogens with zero attached hydrogens (tertiary/aromatic N) is 2. The molecule has 5 heteroatoms. The van der Waals surface area contributed by atoms with E-state index >= 15 is 0 Å². The molecular weight excluding hydrogens is 216 g/mol. The van der Waals surface area contributed by atoms with Crippen LogP contribution < -0.4 is 16.4 Å². The second-order valence-corrected chi connectivity index (χ2v) is 4.03. The van der Waals surface area contributed by atoms with E-state index in [1.54, 1.807) is 6.07 Å². The van der Waals surface area contributed by atoms with E-state index in [1.165, 1.54) is 0 Å². The average Bonchev–Trinajstić information content (AvgIpc) is 2.33. The monoisotopic (exact) mass is 238 g/mol. The lowest BCUT2D eigenvalue weighted by atomic mass is 10.1. The van der Waals surface area contributed by atoms with Gasteiger partial charge in [-0.3, -0.25) is 0 Å². The van der Waals surface area contributed by atoms with Crippen LogP contribution in [0.1, 0.15) is 26.7 Å². The lowest BCUT2D eigenvalue weighted by Gasteiger charge is -2.31. The fourth-order valence-electron chi connectivity index (χ4n) is 1.96. The van der Waals surface area contributed by atoms with Gasteiger partial charge in [0.1, 0.15) is 11.6 Å². The van der Waals surface area contributed by atoms with Crippen molar-refractivity contribution >= 4 is 17.3 Å². The van der Waals surface area contributed by atoms with Gasteiger partial charge < -0.3 is 21.5 Å². The minimum Gasteiger partial charge on any atom is -0.396 e. The molecule has 96 valence electrons. The van der Waals surface area contributed by atoms with Crippen molar-refractivity contribution in [2.45, 2.75) is 32.7 Å². The van der Waals surface area contributed by atoms with Crippen molar-refractivity contribution in [2.24, 2.45) is 0 Å². The van der Waals surface area contributed by atoms with Crippen LogP contribution in [0.4, 0.5) is 17.3 Å². The number of rotatable bonds is 6. The number of aliphatic hydroxyl groups excluding tert-OH is 1. The van der Waals surface area contributed by atoms with Crippen molar-refractivity contribution in [3.63, 3.8) is 0 Å². The van der Waals surface area contributed by atoms with Gasteiger partial charge in [-0.1, -0.05) is 13.8 Å². The molecule has 0 radical (unpaired) electrons. The largest absolute Gasteiger partial charge is 0.396 e. The van der Waals surface area contributed by atoms with Crippen molar-refractivity contribution < 1.29 is 5.11 Å². The summed E-state index contributed by atoms with van der Waals surface area (Å²) in [5, 5.41) is 9.14. The van der Waals surface area contributed by atoms with E-state index in [9.17, 15) is 0 Å². The highest BCUT2D eigenvalue weighted by molar-refractivity contribution is 5.62. The molecule has 17 heavy (non-hydrogen) atoms.